The summed E-state index contributed by atoms with van der Waals surface area (Å²) >= 11 is 1.55. The third kappa shape index (κ3) is 2.62. The Morgan fingerprint density at radius 3 is 2.67 bits per heavy atom. The Morgan fingerprint density at radius 2 is 2.08 bits per heavy atom. The second-order valence-electron chi connectivity index (χ2n) is 6.40. The van der Waals surface area contributed by atoms with Crippen LogP contribution in [-0.2, 0) is 9.59 Å². The number of fused-ring (bicyclic) bond motifs is 1. The maximum Gasteiger partial charge on any atom is 0.352 e. The fourth-order valence-electron chi connectivity index (χ4n) is 3.30. The summed E-state index contributed by atoms with van der Waals surface area (Å²) in [7, 11) is 2.09. The van der Waals surface area contributed by atoms with E-state index in [2.05, 4.69) is 14.0 Å². The van der Waals surface area contributed by atoms with Gasteiger partial charge in [0.05, 0.1) is 13.6 Å². The minimum absolute atomic E-state index is 0.124. The third-order valence-electron chi connectivity index (χ3n) is 4.91. The molecule has 3 atom stereocenters. The van der Waals surface area contributed by atoms with E-state index >= 15 is 0 Å². The Morgan fingerprint density at radius 1 is 1.42 bits per heavy atom. The van der Waals surface area contributed by atoms with Crippen LogP contribution in [-0.4, -0.2) is 59.2 Å². The molecule has 1 fully saturated rings. The van der Waals surface area contributed by atoms with Crippen LogP contribution in [0.2, 0.25) is 0 Å². The van der Waals surface area contributed by atoms with Crippen LogP contribution in [0.15, 0.2) is 41.6 Å². The average Bonchev–Trinajstić information content (AvgIpc) is 2.61. The minimum Gasteiger partial charge on any atom is -0.477 e. The largest absolute Gasteiger partial charge is 0.477 e. The molecule has 7 heteroatoms. The molecular weight excluding hydrogens is 326 g/mol. The van der Waals surface area contributed by atoms with Crippen LogP contribution in [0.1, 0.15) is 6.92 Å². The zero-order valence-corrected chi connectivity index (χ0v) is 14.6. The van der Waals surface area contributed by atoms with E-state index in [4.69, 9.17) is 5.73 Å². The fourth-order valence-corrected chi connectivity index (χ4v) is 4.58. The van der Waals surface area contributed by atoms with Gasteiger partial charge in [-0.15, -0.1) is 11.8 Å². The van der Waals surface area contributed by atoms with E-state index < -0.39 is 12.0 Å². The highest BCUT2D eigenvalue weighted by Gasteiger charge is 2.52. The summed E-state index contributed by atoms with van der Waals surface area (Å²) in [6.07, 6.45) is 0. The monoisotopic (exact) mass is 348 g/mol. The van der Waals surface area contributed by atoms with E-state index in [1.54, 1.807) is 11.8 Å². The Balaban J connectivity index is 1.97. The first-order chi connectivity index (χ1) is 11.4. The number of hydrogen-bond acceptors (Lipinski definition) is 4. The summed E-state index contributed by atoms with van der Waals surface area (Å²) in [6, 6.07) is 9.44. The molecule has 24 heavy (non-hydrogen) atoms. The van der Waals surface area contributed by atoms with Gasteiger partial charge in [0.25, 0.3) is 0 Å². The van der Waals surface area contributed by atoms with Gasteiger partial charge in [-0.2, -0.15) is 0 Å². The van der Waals surface area contributed by atoms with Gasteiger partial charge in [-0.1, -0.05) is 18.2 Å². The molecule has 1 amide bonds. The lowest BCUT2D eigenvalue weighted by molar-refractivity contribution is -0.148. The maximum absolute atomic E-state index is 12.0. The average molecular weight is 348 g/mol. The molecule has 3 unspecified atom stereocenters. The highest BCUT2D eigenvalue weighted by molar-refractivity contribution is 8.00. The van der Waals surface area contributed by atoms with Gasteiger partial charge in [-0.25, -0.2) is 4.79 Å². The Kier molecular flexibility index (Phi) is 4.42. The number of aliphatic carboxylic acids is 1. The lowest BCUT2D eigenvalue weighted by Gasteiger charge is -2.48. The first kappa shape index (κ1) is 17.0. The number of likely N-dealkylation sites (N-methyl/N-ethyl adjacent to an activating group) is 1. The Bertz CT molecular complexity index is 706. The highest BCUT2D eigenvalue weighted by atomic mass is 32.2. The van der Waals surface area contributed by atoms with Gasteiger partial charge in [-0.3, -0.25) is 14.2 Å². The molecule has 0 aliphatic carbocycles. The minimum atomic E-state index is -1.05. The standard InChI is InChI=1S/C17H21N3O3S/c1-3-20(2,12-7-5-4-6-8-12)9-11-10-24-16-13(18)15(21)19(16)14(11)17(22)23/h4-8,13,16H,3,9-10,18H2,1-2H3/p+1. The van der Waals surface area contributed by atoms with Crippen LogP contribution < -0.4 is 10.2 Å². The summed E-state index contributed by atoms with van der Waals surface area (Å²) in [5.41, 5.74) is 7.83. The zero-order valence-electron chi connectivity index (χ0n) is 13.8. The molecule has 0 bridgehead atoms. The van der Waals surface area contributed by atoms with Gasteiger partial charge in [0.15, 0.2) is 0 Å². The van der Waals surface area contributed by atoms with Gasteiger partial charge in [0.1, 0.15) is 29.3 Å². The van der Waals surface area contributed by atoms with Crippen molar-refractivity contribution >= 4 is 29.3 Å². The number of carbonyl (C=O) groups excluding carboxylic acids is 1. The zero-order chi connectivity index (χ0) is 17.5. The molecule has 1 aromatic rings. The number of carboxylic acid groups (broad SMARTS) is 1. The van der Waals surface area contributed by atoms with E-state index in [-0.39, 0.29) is 17.0 Å². The van der Waals surface area contributed by atoms with Crippen molar-refractivity contribution in [3.05, 3.63) is 41.6 Å². The molecule has 3 N–H and O–H groups in total. The normalized spacial score (nSPS) is 25.8. The molecule has 0 saturated carbocycles. The number of nitrogens with zero attached hydrogens (tertiary/aromatic N) is 2. The van der Waals surface area contributed by atoms with Crippen LogP contribution in [0, 0.1) is 0 Å². The second-order valence-corrected chi connectivity index (χ2v) is 7.50. The molecule has 2 aliphatic rings. The first-order valence-electron chi connectivity index (χ1n) is 7.95. The molecule has 2 heterocycles. The number of carboxylic acids is 1. The molecule has 1 aromatic carbocycles. The molecule has 2 aliphatic heterocycles. The molecule has 0 aromatic heterocycles. The van der Waals surface area contributed by atoms with Crippen molar-refractivity contribution in [3.63, 3.8) is 0 Å². The van der Waals surface area contributed by atoms with Crippen molar-refractivity contribution in [1.82, 2.24) is 9.38 Å². The summed E-state index contributed by atoms with van der Waals surface area (Å²) < 4.78 is 0.590. The number of amides is 1. The predicted octanol–water partition coefficient (Wildman–Crippen LogP) is 1.22. The van der Waals surface area contributed by atoms with Gasteiger partial charge in [0.2, 0.25) is 5.91 Å². The van der Waals surface area contributed by atoms with Gasteiger partial charge in [-0.05, 0) is 19.1 Å². The summed E-state index contributed by atoms with van der Waals surface area (Å²) in [5, 5.41) is 9.42. The van der Waals surface area contributed by atoms with Crippen molar-refractivity contribution in [2.24, 2.45) is 5.73 Å². The molecule has 128 valence electrons. The predicted molar refractivity (Wildman–Crippen MR) is 95.3 cm³/mol. The van der Waals surface area contributed by atoms with Crippen molar-refractivity contribution in [2.45, 2.75) is 18.3 Å². The lowest BCUT2D eigenvalue weighted by atomic mass is 10.0. The van der Waals surface area contributed by atoms with E-state index in [0.717, 1.165) is 17.8 Å². The molecule has 3 rings (SSSR count). The number of hydrogen-bond donors (Lipinski definition) is 2. The van der Waals surface area contributed by atoms with Gasteiger partial charge >= 0.3 is 5.97 Å². The molecule has 0 spiro atoms. The number of benzene rings is 1. The number of carbonyl (C=O) groups is 2. The Labute approximate surface area is 145 Å². The number of β-lactam (4-membered cyclic amide) rings is 1. The van der Waals surface area contributed by atoms with Crippen LogP contribution in [0.3, 0.4) is 0 Å². The molecule has 0 radical (unpaired) electrons. The van der Waals surface area contributed by atoms with Crippen LogP contribution in [0.25, 0.3) is 0 Å². The van der Waals surface area contributed by atoms with Crippen LogP contribution >= 0.6 is 11.8 Å². The van der Waals surface area contributed by atoms with Gasteiger partial charge < -0.3 is 10.8 Å². The molecular formula is C17H22N3O3S+. The highest BCUT2D eigenvalue weighted by Crippen LogP contribution is 2.40. The molecule has 6 nitrogen and oxygen atoms in total. The second kappa shape index (κ2) is 6.23. The van der Waals surface area contributed by atoms with Crippen LogP contribution in [0.5, 0.6) is 0 Å². The SMILES string of the molecule is CC[N+](C)(CC1=C(C(=O)O)N2C(=O)C(N)C2SC1)c1ccccc1. The van der Waals surface area contributed by atoms with E-state index in [0.29, 0.717) is 16.8 Å². The van der Waals surface area contributed by atoms with Crippen LogP contribution in [0.4, 0.5) is 5.69 Å². The third-order valence-corrected chi connectivity index (χ3v) is 6.27. The number of rotatable bonds is 5. The maximum atomic E-state index is 12.0. The quantitative estimate of drug-likeness (QED) is 0.618. The van der Waals surface area contributed by atoms with Crippen molar-refractivity contribution in [1.29, 1.82) is 0 Å². The number of thioether (sulfide) groups is 1. The fraction of sp³-hybridized carbons (Fsp3) is 0.412. The number of nitrogens with two attached hydrogens (primary N) is 1. The summed E-state index contributed by atoms with van der Waals surface area (Å²) in [4.78, 5) is 25.2. The summed E-state index contributed by atoms with van der Waals surface area (Å²) in [6.45, 7) is 3.46. The van der Waals surface area contributed by atoms with E-state index in [9.17, 15) is 14.7 Å². The number of quaternary nitrogens is 1. The smallest absolute Gasteiger partial charge is 0.352 e. The lowest BCUT2D eigenvalue weighted by Crippen LogP contribution is -2.68. The van der Waals surface area contributed by atoms with Crippen molar-refractivity contribution < 1.29 is 14.7 Å². The van der Waals surface area contributed by atoms with Gasteiger partial charge in [0, 0.05) is 11.3 Å². The molecule has 1 saturated heterocycles. The van der Waals surface area contributed by atoms with E-state index in [1.807, 2.05) is 30.3 Å². The topological polar surface area (TPSA) is 83.6 Å². The number of para-hydroxylation sites is 1. The first-order valence-corrected chi connectivity index (χ1v) is 8.99. The van der Waals surface area contributed by atoms with Crippen molar-refractivity contribution in [2.75, 3.05) is 25.9 Å². The summed E-state index contributed by atoms with van der Waals surface area (Å²) in [5.74, 6) is -0.761. The Hall–Kier alpha value is -1.83. The van der Waals surface area contributed by atoms with E-state index in [1.165, 1.54) is 4.90 Å². The van der Waals surface area contributed by atoms with Crippen molar-refractivity contribution in [3.8, 4) is 0 Å².